The highest BCUT2D eigenvalue weighted by molar-refractivity contribution is 5.85. The van der Waals surface area contributed by atoms with E-state index in [0.717, 1.165) is 25.9 Å². The maximum atomic E-state index is 11.7. The van der Waals surface area contributed by atoms with Crippen molar-refractivity contribution >= 4 is 17.5 Å². The van der Waals surface area contributed by atoms with Crippen molar-refractivity contribution in [3.63, 3.8) is 0 Å². The van der Waals surface area contributed by atoms with Crippen molar-refractivity contribution in [2.45, 2.75) is 12.8 Å². The Morgan fingerprint density at radius 1 is 1.25 bits per heavy atom. The van der Waals surface area contributed by atoms with Crippen LogP contribution in [0, 0.1) is 0 Å². The Morgan fingerprint density at radius 2 is 1.95 bits per heavy atom. The summed E-state index contributed by atoms with van der Waals surface area (Å²) in [5, 5.41) is 2.55. The van der Waals surface area contributed by atoms with E-state index in [-0.39, 0.29) is 25.0 Å². The van der Waals surface area contributed by atoms with E-state index in [0.29, 0.717) is 11.4 Å². The molecule has 6 heteroatoms. The number of nitrogens with two attached hydrogens (primary N) is 1. The summed E-state index contributed by atoms with van der Waals surface area (Å²) in [4.78, 5) is 25.1. The first kappa shape index (κ1) is 14.2. The van der Waals surface area contributed by atoms with Crippen molar-refractivity contribution in [2.75, 3.05) is 32.0 Å². The van der Waals surface area contributed by atoms with Gasteiger partial charge in [0.1, 0.15) is 5.75 Å². The molecule has 0 unspecified atom stereocenters. The predicted molar refractivity (Wildman–Crippen MR) is 75.2 cm³/mol. The summed E-state index contributed by atoms with van der Waals surface area (Å²) in [6.45, 7) is 1.44. The number of rotatable bonds is 5. The normalized spacial score (nSPS) is 14.1. The molecule has 2 amide bonds. The smallest absolute Gasteiger partial charge is 0.258 e. The number of para-hydroxylation sites is 2. The number of amides is 2. The topological polar surface area (TPSA) is 84.7 Å². The SMILES string of the molecule is Nc1ccccc1OCC(=O)NCC(=O)N1CCCC1. The molecule has 20 heavy (non-hydrogen) atoms. The molecule has 1 aliphatic rings. The van der Waals surface area contributed by atoms with Crippen LogP contribution in [0.4, 0.5) is 5.69 Å². The highest BCUT2D eigenvalue weighted by Gasteiger charge is 2.18. The zero-order valence-electron chi connectivity index (χ0n) is 11.3. The van der Waals surface area contributed by atoms with Crippen molar-refractivity contribution in [3.8, 4) is 5.75 Å². The summed E-state index contributed by atoms with van der Waals surface area (Å²) in [7, 11) is 0. The van der Waals surface area contributed by atoms with Gasteiger partial charge in [0, 0.05) is 13.1 Å². The summed E-state index contributed by atoms with van der Waals surface area (Å²) in [6, 6.07) is 6.96. The molecule has 0 atom stereocenters. The number of hydrogen-bond acceptors (Lipinski definition) is 4. The highest BCUT2D eigenvalue weighted by atomic mass is 16.5. The molecule has 1 saturated heterocycles. The second kappa shape index (κ2) is 6.79. The fourth-order valence-electron chi connectivity index (χ4n) is 2.06. The van der Waals surface area contributed by atoms with Gasteiger partial charge >= 0.3 is 0 Å². The molecule has 0 aromatic heterocycles. The number of ether oxygens (including phenoxy) is 1. The lowest BCUT2D eigenvalue weighted by atomic mass is 10.3. The Labute approximate surface area is 117 Å². The second-order valence-electron chi connectivity index (χ2n) is 4.69. The van der Waals surface area contributed by atoms with Crippen molar-refractivity contribution in [1.29, 1.82) is 0 Å². The number of carbonyl (C=O) groups is 2. The predicted octanol–water partition coefficient (Wildman–Crippen LogP) is 0.386. The molecule has 1 fully saturated rings. The molecule has 1 aromatic rings. The first-order valence-corrected chi connectivity index (χ1v) is 6.68. The summed E-state index contributed by atoms with van der Waals surface area (Å²) >= 11 is 0. The van der Waals surface area contributed by atoms with E-state index in [9.17, 15) is 9.59 Å². The van der Waals surface area contributed by atoms with Crippen LogP contribution >= 0.6 is 0 Å². The molecule has 3 N–H and O–H groups in total. The van der Waals surface area contributed by atoms with Gasteiger partial charge in [-0.15, -0.1) is 0 Å². The average molecular weight is 277 g/mol. The highest BCUT2D eigenvalue weighted by Crippen LogP contribution is 2.19. The number of nitrogens with zero attached hydrogens (tertiary/aromatic N) is 1. The van der Waals surface area contributed by atoms with E-state index in [1.165, 1.54) is 0 Å². The van der Waals surface area contributed by atoms with E-state index in [1.54, 1.807) is 29.2 Å². The summed E-state index contributed by atoms with van der Waals surface area (Å²) < 4.78 is 5.29. The average Bonchev–Trinajstić information content (AvgIpc) is 2.98. The van der Waals surface area contributed by atoms with Crippen molar-refractivity contribution < 1.29 is 14.3 Å². The molecule has 1 aliphatic heterocycles. The van der Waals surface area contributed by atoms with Crippen LogP contribution in [0.2, 0.25) is 0 Å². The van der Waals surface area contributed by atoms with E-state index in [4.69, 9.17) is 10.5 Å². The summed E-state index contributed by atoms with van der Waals surface area (Å²) in [5.74, 6) is 0.0874. The van der Waals surface area contributed by atoms with Gasteiger partial charge in [0.2, 0.25) is 5.91 Å². The maximum absolute atomic E-state index is 11.7. The molecular weight excluding hydrogens is 258 g/mol. The Kier molecular flexibility index (Phi) is 4.81. The molecule has 0 spiro atoms. The molecular formula is C14H19N3O3. The lowest BCUT2D eigenvalue weighted by molar-refractivity contribution is -0.132. The van der Waals surface area contributed by atoms with Crippen molar-refractivity contribution in [1.82, 2.24) is 10.2 Å². The standard InChI is InChI=1S/C14H19N3O3/c15-11-5-1-2-6-12(11)20-10-13(18)16-9-14(19)17-7-3-4-8-17/h1-2,5-6H,3-4,7-10,15H2,(H,16,18). The lowest BCUT2D eigenvalue weighted by Gasteiger charge is -2.15. The molecule has 108 valence electrons. The molecule has 1 heterocycles. The molecule has 2 rings (SSSR count). The van der Waals surface area contributed by atoms with Crippen LogP contribution < -0.4 is 15.8 Å². The number of hydrogen-bond donors (Lipinski definition) is 2. The van der Waals surface area contributed by atoms with Gasteiger partial charge in [0.25, 0.3) is 5.91 Å². The monoisotopic (exact) mass is 277 g/mol. The zero-order chi connectivity index (χ0) is 14.4. The number of carbonyl (C=O) groups excluding carboxylic acids is 2. The first-order valence-electron chi connectivity index (χ1n) is 6.68. The van der Waals surface area contributed by atoms with Crippen LogP contribution in [-0.4, -0.2) is 43.0 Å². The third-order valence-electron chi connectivity index (χ3n) is 3.17. The molecule has 0 radical (unpaired) electrons. The number of anilines is 1. The Morgan fingerprint density at radius 3 is 2.65 bits per heavy atom. The van der Waals surface area contributed by atoms with Crippen molar-refractivity contribution in [2.24, 2.45) is 0 Å². The van der Waals surface area contributed by atoms with Crippen LogP contribution in [0.1, 0.15) is 12.8 Å². The second-order valence-corrected chi connectivity index (χ2v) is 4.69. The third kappa shape index (κ3) is 3.88. The Balaban J connectivity index is 1.70. The van der Waals surface area contributed by atoms with Crippen LogP contribution in [0.5, 0.6) is 5.75 Å². The van der Waals surface area contributed by atoms with E-state index >= 15 is 0 Å². The van der Waals surface area contributed by atoms with E-state index in [1.807, 2.05) is 0 Å². The fraction of sp³-hybridized carbons (Fsp3) is 0.429. The van der Waals surface area contributed by atoms with Crippen LogP contribution in [0.3, 0.4) is 0 Å². The summed E-state index contributed by atoms with van der Waals surface area (Å²) in [5.41, 5.74) is 6.17. The van der Waals surface area contributed by atoms with Crippen molar-refractivity contribution in [3.05, 3.63) is 24.3 Å². The van der Waals surface area contributed by atoms with Gasteiger partial charge in [-0.1, -0.05) is 12.1 Å². The van der Waals surface area contributed by atoms with Crippen LogP contribution in [-0.2, 0) is 9.59 Å². The van der Waals surface area contributed by atoms with Gasteiger partial charge in [0.15, 0.2) is 6.61 Å². The minimum absolute atomic E-state index is 0.0203. The van der Waals surface area contributed by atoms with Gasteiger partial charge < -0.3 is 20.7 Å². The minimum atomic E-state index is -0.333. The maximum Gasteiger partial charge on any atom is 0.258 e. The Bertz CT molecular complexity index is 484. The number of nitrogen functional groups attached to an aromatic ring is 1. The fourth-order valence-corrected chi connectivity index (χ4v) is 2.06. The van der Waals surface area contributed by atoms with E-state index in [2.05, 4.69) is 5.32 Å². The zero-order valence-corrected chi connectivity index (χ0v) is 11.3. The molecule has 0 bridgehead atoms. The lowest BCUT2D eigenvalue weighted by Crippen LogP contribution is -2.40. The summed E-state index contributed by atoms with van der Waals surface area (Å²) in [6.07, 6.45) is 2.08. The van der Waals surface area contributed by atoms with Gasteiger partial charge in [0.05, 0.1) is 12.2 Å². The quantitative estimate of drug-likeness (QED) is 0.762. The third-order valence-corrected chi connectivity index (χ3v) is 3.17. The largest absolute Gasteiger partial charge is 0.482 e. The molecule has 1 aromatic carbocycles. The molecule has 6 nitrogen and oxygen atoms in total. The van der Waals surface area contributed by atoms with Gasteiger partial charge in [-0.3, -0.25) is 9.59 Å². The van der Waals surface area contributed by atoms with Crippen LogP contribution in [0.25, 0.3) is 0 Å². The van der Waals surface area contributed by atoms with Gasteiger partial charge in [-0.25, -0.2) is 0 Å². The number of benzene rings is 1. The Hall–Kier alpha value is -2.24. The van der Waals surface area contributed by atoms with Gasteiger partial charge in [-0.05, 0) is 25.0 Å². The number of likely N-dealkylation sites (tertiary alicyclic amines) is 1. The molecule has 0 saturated carbocycles. The first-order chi connectivity index (χ1) is 9.66. The van der Waals surface area contributed by atoms with E-state index < -0.39 is 0 Å². The van der Waals surface area contributed by atoms with Crippen LogP contribution in [0.15, 0.2) is 24.3 Å². The minimum Gasteiger partial charge on any atom is -0.482 e. The molecule has 0 aliphatic carbocycles. The van der Waals surface area contributed by atoms with Gasteiger partial charge in [-0.2, -0.15) is 0 Å². The number of nitrogens with one attached hydrogen (secondary N) is 1.